The summed E-state index contributed by atoms with van der Waals surface area (Å²) in [5, 5.41) is 11.7. The Morgan fingerprint density at radius 3 is 2.00 bits per heavy atom. The van der Waals surface area contributed by atoms with E-state index in [0.29, 0.717) is 48.5 Å². The first kappa shape index (κ1) is 72.1. The molecule has 7 amide bonds. The number of halogens is 1. The molecular formula is C63H95ClN8O13. The molecule has 8 atom stereocenters. The van der Waals surface area contributed by atoms with E-state index < -0.39 is 114 Å². The van der Waals surface area contributed by atoms with Crippen LogP contribution in [0.1, 0.15) is 132 Å². The number of hydrogen-bond acceptors (Lipinski definition) is 14. The van der Waals surface area contributed by atoms with Crippen LogP contribution in [0.2, 0.25) is 5.02 Å². The van der Waals surface area contributed by atoms with Gasteiger partial charge in [-0.2, -0.15) is 0 Å². The molecule has 85 heavy (non-hydrogen) atoms. The van der Waals surface area contributed by atoms with Crippen molar-refractivity contribution < 1.29 is 62.1 Å². The van der Waals surface area contributed by atoms with Crippen molar-refractivity contribution in [3.8, 4) is 0 Å². The van der Waals surface area contributed by atoms with Crippen LogP contribution in [0.4, 0.5) is 15.3 Å². The Bertz CT molecular complexity index is 2650. The number of unbranched alkanes of at least 4 members (excludes halogenated alkanes) is 3. The Kier molecular flexibility index (Phi) is 29.4. The van der Waals surface area contributed by atoms with Gasteiger partial charge < -0.3 is 59.8 Å². The third-order valence-electron chi connectivity index (χ3n) is 15.3. The fraction of sp³-hybridized carbons (Fsp3) is 0.603. The second-order valence-corrected chi connectivity index (χ2v) is 23.7. The predicted octanol–water partition coefficient (Wildman–Crippen LogP) is 8.23. The molecular weight excluding hydrogens is 1110 g/mol. The van der Waals surface area contributed by atoms with E-state index >= 15 is 0 Å². The summed E-state index contributed by atoms with van der Waals surface area (Å²) in [4.78, 5) is 131. The third-order valence-corrected chi connectivity index (χ3v) is 15.6. The van der Waals surface area contributed by atoms with Crippen molar-refractivity contribution in [1.82, 2.24) is 35.6 Å². The van der Waals surface area contributed by atoms with Crippen LogP contribution in [0.3, 0.4) is 0 Å². The SMILES string of the molecule is C/C=C(\C)[C@H]1OC(=O)C(C)(C)NC(=O)[C@H](C(C)CC)NC(=O)CN(C)C(=O)[C@@H](Cc2ccc(Cl)cc2)N(C)C(=O)[C@H](C)NC(=O)[C@@H](CC(C)C)OC(=O)/C(C)=C/C[C@H](OC(=O)N(C)CCCCCCN(C)C(=O)OCc2ccc(NC)cc2)[C@@H]1C. The Morgan fingerprint density at radius 2 is 1.44 bits per heavy atom. The molecule has 0 spiro atoms. The number of hydrogen-bond donors (Lipinski definition) is 4. The number of likely N-dealkylation sites (N-methyl/N-ethyl adjacent to an activating group) is 2. The zero-order chi connectivity index (χ0) is 63.9. The first-order chi connectivity index (χ1) is 39.9. The van der Waals surface area contributed by atoms with E-state index in [1.165, 1.54) is 62.6 Å². The average molecular weight is 1210 g/mol. The molecule has 22 heteroatoms. The zero-order valence-electron chi connectivity index (χ0n) is 52.9. The number of carbonyl (C=O) groups excluding carboxylic acids is 9. The summed E-state index contributed by atoms with van der Waals surface area (Å²) in [6.07, 6.45) is 1.99. The van der Waals surface area contributed by atoms with Gasteiger partial charge in [0.1, 0.15) is 42.5 Å². The summed E-state index contributed by atoms with van der Waals surface area (Å²) < 4.78 is 23.8. The maximum Gasteiger partial charge on any atom is 0.409 e. The van der Waals surface area contributed by atoms with Crippen molar-refractivity contribution in [3.63, 3.8) is 0 Å². The van der Waals surface area contributed by atoms with Crippen molar-refractivity contribution in [2.75, 3.05) is 60.2 Å². The topological polar surface area (TPSA) is 252 Å². The number of allylic oxidation sites excluding steroid dienone is 1. The largest absolute Gasteiger partial charge is 0.456 e. The van der Waals surface area contributed by atoms with E-state index in [-0.39, 0.29) is 37.4 Å². The van der Waals surface area contributed by atoms with Crippen molar-refractivity contribution in [3.05, 3.63) is 88.0 Å². The number of carbonyl (C=O) groups is 9. The minimum atomic E-state index is -1.69. The van der Waals surface area contributed by atoms with Gasteiger partial charge >= 0.3 is 24.1 Å². The molecule has 472 valence electrons. The van der Waals surface area contributed by atoms with Gasteiger partial charge in [-0.1, -0.05) is 102 Å². The van der Waals surface area contributed by atoms with E-state index in [9.17, 15) is 43.2 Å². The quantitative estimate of drug-likeness (QED) is 0.0475. The van der Waals surface area contributed by atoms with Crippen LogP contribution in [0, 0.1) is 17.8 Å². The van der Waals surface area contributed by atoms with Crippen LogP contribution in [0.15, 0.2) is 71.8 Å². The number of nitrogens with one attached hydrogen (secondary N) is 4. The highest BCUT2D eigenvalue weighted by molar-refractivity contribution is 6.30. The molecule has 3 rings (SSSR count). The van der Waals surface area contributed by atoms with Crippen LogP contribution in [0.25, 0.3) is 0 Å². The van der Waals surface area contributed by atoms with Gasteiger partial charge in [-0.05, 0) is 114 Å². The Balaban J connectivity index is 1.98. The van der Waals surface area contributed by atoms with Gasteiger partial charge in [0.2, 0.25) is 23.6 Å². The summed E-state index contributed by atoms with van der Waals surface area (Å²) in [5.74, 6) is -6.50. The molecule has 1 unspecified atom stereocenters. The molecule has 0 aliphatic carbocycles. The van der Waals surface area contributed by atoms with Crippen LogP contribution in [0.5, 0.6) is 0 Å². The van der Waals surface area contributed by atoms with Gasteiger partial charge in [0.05, 0.1) is 6.54 Å². The molecule has 0 radical (unpaired) electrons. The van der Waals surface area contributed by atoms with E-state index in [1.54, 1.807) is 72.1 Å². The van der Waals surface area contributed by atoms with Crippen molar-refractivity contribution in [2.45, 2.75) is 176 Å². The molecule has 0 fully saturated rings. The van der Waals surface area contributed by atoms with Crippen molar-refractivity contribution >= 4 is 70.9 Å². The molecule has 0 bridgehead atoms. The number of ether oxygens (including phenoxy) is 4. The lowest BCUT2D eigenvalue weighted by Crippen LogP contribution is -2.60. The fourth-order valence-electron chi connectivity index (χ4n) is 9.28. The van der Waals surface area contributed by atoms with Crippen LogP contribution in [-0.4, -0.2) is 170 Å². The number of esters is 2. The lowest BCUT2D eigenvalue weighted by molar-refractivity contribution is -0.160. The van der Waals surface area contributed by atoms with Gasteiger partial charge in [0.25, 0.3) is 5.91 Å². The van der Waals surface area contributed by atoms with Crippen LogP contribution < -0.4 is 21.3 Å². The highest BCUT2D eigenvalue weighted by Gasteiger charge is 2.41. The predicted molar refractivity (Wildman–Crippen MR) is 327 cm³/mol. The van der Waals surface area contributed by atoms with Gasteiger partial charge in [0, 0.05) is 83.4 Å². The number of amides is 7. The molecule has 21 nitrogen and oxygen atoms in total. The number of anilines is 1. The lowest BCUT2D eigenvalue weighted by atomic mass is 9.90. The highest BCUT2D eigenvalue weighted by atomic mass is 35.5. The summed E-state index contributed by atoms with van der Waals surface area (Å²) >= 11 is 6.18. The number of cyclic esters (lactones) is 2. The lowest BCUT2D eigenvalue weighted by Gasteiger charge is -2.35. The van der Waals surface area contributed by atoms with Gasteiger partial charge in [-0.25, -0.2) is 19.2 Å². The van der Waals surface area contributed by atoms with Gasteiger partial charge in [-0.15, -0.1) is 0 Å². The van der Waals surface area contributed by atoms with Crippen LogP contribution in [-0.2, 0) is 65.5 Å². The first-order valence-corrected chi connectivity index (χ1v) is 29.8. The molecule has 2 aromatic rings. The molecule has 2 aromatic carbocycles. The number of nitrogens with zero attached hydrogens (tertiary/aromatic N) is 4. The van der Waals surface area contributed by atoms with E-state index in [1.807, 2.05) is 52.1 Å². The first-order valence-electron chi connectivity index (χ1n) is 29.4. The third kappa shape index (κ3) is 23.0. The Labute approximate surface area is 508 Å². The number of rotatable bonds is 18. The summed E-state index contributed by atoms with van der Waals surface area (Å²) in [6.45, 7) is 18.8. The fourth-order valence-corrected chi connectivity index (χ4v) is 9.41. The smallest absolute Gasteiger partial charge is 0.409 e. The molecule has 1 aliphatic heterocycles. The highest BCUT2D eigenvalue weighted by Crippen LogP contribution is 2.28. The summed E-state index contributed by atoms with van der Waals surface area (Å²) in [6, 6.07) is 10.7. The van der Waals surface area contributed by atoms with Crippen LogP contribution >= 0.6 is 11.6 Å². The average Bonchev–Trinajstić information content (AvgIpc) is 3.68. The summed E-state index contributed by atoms with van der Waals surface area (Å²) in [5.41, 5.74) is 1.43. The molecule has 4 N–H and O–H groups in total. The maximum atomic E-state index is 14.4. The second-order valence-electron chi connectivity index (χ2n) is 23.3. The van der Waals surface area contributed by atoms with E-state index in [4.69, 9.17) is 30.5 Å². The molecule has 0 aromatic heterocycles. The number of benzene rings is 2. The Hall–Kier alpha value is -7.16. The zero-order valence-corrected chi connectivity index (χ0v) is 53.7. The second kappa shape index (κ2) is 34.7. The van der Waals surface area contributed by atoms with Gasteiger partial charge in [-0.3, -0.25) is 24.0 Å². The molecule has 1 aliphatic rings. The standard InChI is InChI=1S/C63H95ClN8O13/c1-17-40(5)53-56(75)68-63(10,11)60(79)85-54(41(6)18-2)43(8)50(84-62(81)70(14)34-22-20-19-21-33-69(13)61(80)82-38-46-26-30-48(65-12)31-27-46)32-23-42(7)59(78)83-51(35-39(3)4)55(74)66-44(9)57(76)72(16)49(36-45-24-28-47(64)29-25-45)58(77)71(15)37-52(73)67-53/h18,23-31,39-40,43-44,49-51,53-54,65H,17,19-22,32-38H2,1-16H3,(H,66,74)(H,67,73)(H,68,75)/b41-18+,42-23+/t40?,43-,44-,49+,50-,51+,53-,54+/m0/s1. The van der Waals surface area contributed by atoms with E-state index in [2.05, 4.69) is 21.3 Å². The monoisotopic (exact) mass is 1210 g/mol. The van der Waals surface area contributed by atoms with Crippen molar-refractivity contribution in [1.29, 1.82) is 0 Å². The minimum absolute atomic E-state index is 0.00613. The van der Waals surface area contributed by atoms with E-state index in [0.717, 1.165) is 29.0 Å². The molecule has 0 saturated carbocycles. The molecule has 0 saturated heterocycles. The molecule has 1 heterocycles. The minimum Gasteiger partial charge on any atom is -0.456 e. The van der Waals surface area contributed by atoms with Crippen molar-refractivity contribution in [2.24, 2.45) is 17.8 Å². The maximum absolute atomic E-state index is 14.4. The normalized spacial score (nSPS) is 23.1. The Morgan fingerprint density at radius 1 is 0.847 bits per heavy atom. The van der Waals surface area contributed by atoms with Gasteiger partial charge in [0.15, 0.2) is 6.10 Å². The summed E-state index contributed by atoms with van der Waals surface area (Å²) in [7, 11) is 7.92.